The van der Waals surface area contributed by atoms with E-state index >= 15 is 0 Å². The van der Waals surface area contributed by atoms with Crippen molar-refractivity contribution >= 4 is 33.2 Å². The Labute approximate surface area is 104 Å². The third-order valence-electron chi connectivity index (χ3n) is 1.84. The van der Waals surface area contributed by atoms with Crippen molar-refractivity contribution in [3.63, 3.8) is 0 Å². The summed E-state index contributed by atoms with van der Waals surface area (Å²) in [6, 6.07) is 0.925. The Morgan fingerprint density at radius 3 is 2.69 bits per heavy atom. The van der Waals surface area contributed by atoms with Crippen LogP contribution in [-0.2, 0) is 0 Å². The Hall–Kier alpha value is -0.430. The van der Waals surface area contributed by atoms with Crippen LogP contribution in [0.4, 0.5) is 14.5 Å². The summed E-state index contributed by atoms with van der Waals surface area (Å²) in [5, 5.41) is 19.9. The van der Waals surface area contributed by atoms with Crippen molar-refractivity contribution in [3.05, 3.63) is 27.2 Å². The molecular formula is C9H9BrClF2NO2. The Balaban J connectivity index is 2.92. The number of hydrogen-bond donors (Lipinski definition) is 3. The SMILES string of the molecule is OCC(O)CNc1c(Br)cc(F)c(F)c1Cl. The summed E-state index contributed by atoms with van der Waals surface area (Å²) < 4.78 is 26.2. The summed E-state index contributed by atoms with van der Waals surface area (Å²) in [4.78, 5) is 0. The molecule has 0 spiro atoms. The topological polar surface area (TPSA) is 52.5 Å². The largest absolute Gasteiger partial charge is 0.394 e. The van der Waals surface area contributed by atoms with Gasteiger partial charge in [-0.3, -0.25) is 0 Å². The molecule has 16 heavy (non-hydrogen) atoms. The van der Waals surface area contributed by atoms with Crippen LogP contribution in [0.2, 0.25) is 5.02 Å². The predicted molar refractivity (Wildman–Crippen MR) is 60.7 cm³/mol. The van der Waals surface area contributed by atoms with Crippen LogP contribution < -0.4 is 5.32 Å². The Morgan fingerprint density at radius 1 is 1.50 bits per heavy atom. The van der Waals surface area contributed by atoms with E-state index in [4.69, 9.17) is 21.8 Å². The normalized spacial score (nSPS) is 12.6. The number of halogens is 4. The van der Waals surface area contributed by atoms with Crippen molar-refractivity contribution in [2.75, 3.05) is 18.5 Å². The first-order chi connectivity index (χ1) is 7.47. The average molecular weight is 317 g/mol. The van der Waals surface area contributed by atoms with E-state index in [1.54, 1.807) is 0 Å². The molecule has 1 atom stereocenters. The van der Waals surface area contributed by atoms with E-state index in [0.29, 0.717) is 0 Å². The van der Waals surface area contributed by atoms with Crippen LogP contribution in [0.1, 0.15) is 0 Å². The highest BCUT2D eigenvalue weighted by Crippen LogP contribution is 2.34. The fraction of sp³-hybridized carbons (Fsp3) is 0.333. The molecule has 0 saturated carbocycles. The molecule has 0 amide bonds. The maximum atomic E-state index is 13.1. The zero-order valence-corrected chi connectivity index (χ0v) is 10.3. The van der Waals surface area contributed by atoms with E-state index in [2.05, 4.69) is 21.2 Å². The van der Waals surface area contributed by atoms with Crippen molar-refractivity contribution in [1.29, 1.82) is 0 Å². The number of benzene rings is 1. The minimum Gasteiger partial charge on any atom is -0.394 e. The number of aliphatic hydroxyl groups excluding tert-OH is 2. The van der Waals surface area contributed by atoms with Crippen LogP contribution in [0, 0.1) is 11.6 Å². The van der Waals surface area contributed by atoms with Gasteiger partial charge >= 0.3 is 0 Å². The van der Waals surface area contributed by atoms with Gasteiger partial charge in [-0.1, -0.05) is 11.6 Å². The smallest absolute Gasteiger partial charge is 0.179 e. The summed E-state index contributed by atoms with van der Waals surface area (Å²) in [5.74, 6) is -2.23. The van der Waals surface area contributed by atoms with Crippen molar-refractivity contribution in [1.82, 2.24) is 0 Å². The van der Waals surface area contributed by atoms with Gasteiger partial charge in [0.2, 0.25) is 0 Å². The molecule has 0 aliphatic carbocycles. The lowest BCUT2D eigenvalue weighted by molar-refractivity contribution is 0.105. The number of hydrogen-bond acceptors (Lipinski definition) is 3. The van der Waals surface area contributed by atoms with E-state index in [0.717, 1.165) is 6.07 Å². The quantitative estimate of drug-likeness (QED) is 0.589. The Morgan fingerprint density at radius 2 is 2.12 bits per heavy atom. The lowest BCUT2D eigenvalue weighted by Crippen LogP contribution is -2.23. The van der Waals surface area contributed by atoms with Gasteiger partial charge in [-0.15, -0.1) is 0 Å². The zero-order valence-electron chi connectivity index (χ0n) is 7.98. The monoisotopic (exact) mass is 315 g/mol. The first-order valence-electron chi connectivity index (χ1n) is 4.33. The molecule has 0 radical (unpaired) electrons. The predicted octanol–water partition coefficient (Wildman–Crippen LogP) is 2.15. The molecule has 0 bridgehead atoms. The molecular weight excluding hydrogens is 307 g/mol. The molecule has 0 aromatic heterocycles. The van der Waals surface area contributed by atoms with Crippen molar-refractivity contribution in [3.8, 4) is 0 Å². The third-order valence-corrected chi connectivity index (χ3v) is 2.82. The maximum Gasteiger partial charge on any atom is 0.179 e. The molecule has 0 aliphatic heterocycles. The van der Waals surface area contributed by atoms with Gasteiger partial charge in [0.05, 0.1) is 18.4 Å². The highest BCUT2D eigenvalue weighted by molar-refractivity contribution is 9.10. The molecule has 1 aromatic carbocycles. The van der Waals surface area contributed by atoms with Gasteiger partial charge < -0.3 is 15.5 Å². The zero-order chi connectivity index (χ0) is 12.3. The van der Waals surface area contributed by atoms with Crippen LogP contribution in [0.25, 0.3) is 0 Å². The molecule has 3 nitrogen and oxygen atoms in total. The number of aliphatic hydroxyl groups is 2. The summed E-state index contributed by atoms with van der Waals surface area (Å²) in [6.45, 7) is -0.466. The molecule has 1 aromatic rings. The number of nitrogens with one attached hydrogen (secondary N) is 1. The summed E-state index contributed by atoms with van der Waals surface area (Å²) >= 11 is 8.59. The Bertz CT molecular complexity index is 392. The molecule has 0 heterocycles. The molecule has 3 N–H and O–H groups in total. The van der Waals surface area contributed by atoms with Crippen LogP contribution in [-0.4, -0.2) is 29.5 Å². The van der Waals surface area contributed by atoms with E-state index in [1.807, 2.05) is 0 Å². The summed E-state index contributed by atoms with van der Waals surface area (Å²) in [6.07, 6.45) is -1.00. The van der Waals surface area contributed by atoms with Gasteiger partial charge in [-0.25, -0.2) is 8.78 Å². The van der Waals surface area contributed by atoms with E-state index in [9.17, 15) is 8.78 Å². The number of rotatable bonds is 4. The molecule has 1 rings (SSSR count). The standard InChI is InChI=1S/C9H9BrClF2NO2/c10-5-1-6(12)8(13)7(11)9(5)14-2-4(16)3-15/h1,4,14-16H,2-3H2. The first-order valence-corrected chi connectivity index (χ1v) is 5.50. The molecule has 7 heteroatoms. The van der Waals surface area contributed by atoms with Crippen molar-refractivity contribution < 1.29 is 19.0 Å². The highest BCUT2D eigenvalue weighted by atomic mass is 79.9. The van der Waals surface area contributed by atoms with Crippen molar-refractivity contribution in [2.45, 2.75) is 6.10 Å². The van der Waals surface area contributed by atoms with Gasteiger partial charge in [0.15, 0.2) is 11.6 Å². The van der Waals surface area contributed by atoms with Gasteiger partial charge in [-0.05, 0) is 22.0 Å². The summed E-state index contributed by atoms with van der Waals surface area (Å²) in [5.41, 5.74) is 0.132. The summed E-state index contributed by atoms with van der Waals surface area (Å²) in [7, 11) is 0. The average Bonchev–Trinajstić information content (AvgIpc) is 2.25. The lowest BCUT2D eigenvalue weighted by atomic mass is 10.2. The number of anilines is 1. The molecule has 0 aliphatic rings. The van der Waals surface area contributed by atoms with E-state index < -0.39 is 29.4 Å². The molecule has 0 fully saturated rings. The minimum absolute atomic E-state index is 0.0279. The van der Waals surface area contributed by atoms with Crippen LogP contribution in [0.15, 0.2) is 10.5 Å². The second-order valence-electron chi connectivity index (χ2n) is 3.06. The van der Waals surface area contributed by atoms with Gasteiger partial charge in [0.25, 0.3) is 0 Å². The van der Waals surface area contributed by atoms with Gasteiger partial charge in [-0.2, -0.15) is 0 Å². The third kappa shape index (κ3) is 3.04. The molecule has 1 unspecified atom stereocenters. The minimum atomic E-state index is -1.16. The fourth-order valence-electron chi connectivity index (χ4n) is 1.01. The van der Waals surface area contributed by atoms with Crippen LogP contribution in [0.3, 0.4) is 0 Å². The lowest BCUT2D eigenvalue weighted by Gasteiger charge is -2.13. The van der Waals surface area contributed by atoms with Crippen LogP contribution in [0.5, 0.6) is 0 Å². The van der Waals surface area contributed by atoms with Crippen molar-refractivity contribution in [2.24, 2.45) is 0 Å². The first kappa shape index (κ1) is 13.6. The fourth-order valence-corrected chi connectivity index (χ4v) is 1.93. The van der Waals surface area contributed by atoms with E-state index in [1.165, 1.54) is 0 Å². The van der Waals surface area contributed by atoms with Gasteiger partial charge in [0, 0.05) is 11.0 Å². The molecule has 90 valence electrons. The maximum absolute atomic E-state index is 13.1. The molecule has 0 saturated heterocycles. The second-order valence-corrected chi connectivity index (χ2v) is 4.29. The van der Waals surface area contributed by atoms with Crippen LogP contribution >= 0.6 is 27.5 Å². The second kappa shape index (κ2) is 5.77. The highest BCUT2D eigenvalue weighted by Gasteiger charge is 2.16. The van der Waals surface area contributed by atoms with Gasteiger partial charge in [0.1, 0.15) is 5.02 Å². The Kier molecular flexibility index (Phi) is 4.91. The van der Waals surface area contributed by atoms with E-state index in [-0.39, 0.29) is 16.7 Å².